The fourth-order valence-corrected chi connectivity index (χ4v) is 6.04. The van der Waals surface area contributed by atoms with Crippen LogP contribution < -0.4 is 0 Å². The van der Waals surface area contributed by atoms with Gasteiger partial charge in [0.1, 0.15) is 11.9 Å². The van der Waals surface area contributed by atoms with Gasteiger partial charge in [-0.15, -0.1) is 0 Å². The lowest BCUT2D eigenvalue weighted by molar-refractivity contribution is 0.130. The van der Waals surface area contributed by atoms with Gasteiger partial charge in [0, 0.05) is 81.3 Å². The highest BCUT2D eigenvalue weighted by atomic mass is 16.2. The minimum absolute atomic E-state index is 0.123. The molecule has 0 aliphatic carbocycles. The topological polar surface area (TPSA) is 98.1 Å². The van der Waals surface area contributed by atoms with Crippen LogP contribution in [0.25, 0.3) is 22.2 Å². The Bertz CT molecular complexity index is 1750. The number of rotatable bonds is 6. The maximum atomic E-state index is 13.3. The maximum Gasteiger partial charge on any atom is 0.320 e. The van der Waals surface area contributed by atoms with Gasteiger partial charge in [0.25, 0.3) is 0 Å². The molecule has 0 unspecified atom stereocenters. The van der Waals surface area contributed by atoms with Gasteiger partial charge in [0.15, 0.2) is 0 Å². The molecule has 3 aromatic heterocycles. The standard InChI is InChI=1S/C33H35N9O/c1-24(30-17-27(29-20-36-38(3)21-29)23-42-32(30)28(18-34)19-37-42)9-10-31(35-2)39-13-15-40(16-14-39)33(43)41-12-11-26(22-41)25-7-5-4-6-8-25/h4-10,17,19-21,23,26H,2,11-16,22H2,1,3H3/b24-9+,31-10+/t26-/m1/s1. The third-order valence-electron chi connectivity index (χ3n) is 8.44. The van der Waals surface area contributed by atoms with Gasteiger partial charge in [0.05, 0.1) is 23.5 Å². The van der Waals surface area contributed by atoms with E-state index in [0.29, 0.717) is 37.7 Å². The lowest BCUT2D eigenvalue weighted by Gasteiger charge is -2.37. The van der Waals surface area contributed by atoms with E-state index in [-0.39, 0.29) is 6.03 Å². The molecule has 5 heterocycles. The minimum atomic E-state index is 0.123. The van der Waals surface area contributed by atoms with Crippen molar-refractivity contribution in [2.75, 3.05) is 39.3 Å². The predicted molar refractivity (Wildman–Crippen MR) is 167 cm³/mol. The highest BCUT2D eigenvalue weighted by molar-refractivity contribution is 5.84. The molecule has 2 saturated heterocycles. The number of nitriles is 1. The van der Waals surface area contributed by atoms with Crippen molar-refractivity contribution in [1.82, 2.24) is 34.1 Å². The van der Waals surface area contributed by atoms with Crippen molar-refractivity contribution in [3.8, 4) is 17.2 Å². The van der Waals surface area contributed by atoms with Gasteiger partial charge in [0.2, 0.25) is 0 Å². The molecule has 4 aromatic rings. The van der Waals surface area contributed by atoms with Crippen LogP contribution in [-0.2, 0) is 7.05 Å². The Labute approximate surface area is 251 Å². The van der Waals surface area contributed by atoms with Crippen molar-refractivity contribution >= 4 is 23.8 Å². The fraction of sp³-hybridized carbons (Fsp3) is 0.303. The zero-order chi connectivity index (χ0) is 29.9. The van der Waals surface area contributed by atoms with Crippen LogP contribution >= 0.6 is 0 Å². The summed E-state index contributed by atoms with van der Waals surface area (Å²) in [6.07, 6.45) is 12.2. The Balaban J connectivity index is 1.16. The summed E-state index contributed by atoms with van der Waals surface area (Å²) >= 11 is 0. The van der Waals surface area contributed by atoms with E-state index in [1.165, 1.54) is 5.56 Å². The van der Waals surface area contributed by atoms with E-state index in [0.717, 1.165) is 53.1 Å². The van der Waals surface area contributed by atoms with Crippen molar-refractivity contribution in [3.05, 3.63) is 95.8 Å². The van der Waals surface area contributed by atoms with E-state index in [9.17, 15) is 10.1 Å². The molecule has 1 atom stereocenters. The van der Waals surface area contributed by atoms with Crippen molar-refractivity contribution < 1.29 is 4.79 Å². The molecule has 0 saturated carbocycles. The number of allylic oxidation sites excluding steroid dienone is 3. The lowest BCUT2D eigenvalue weighted by Crippen LogP contribution is -2.51. The molecular formula is C33H35N9O. The van der Waals surface area contributed by atoms with Crippen LogP contribution in [0.5, 0.6) is 0 Å². The zero-order valence-electron chi connectivity index (χ0n) is 24.6. The molecule has 2 aliphatic heterocycles. The van der Waals surface area contributed by atoms with Gasteiger partial charge < -0.3 is 14.7 Å². The molecule has 6 rings (SSSR count). The number of aromatic nitrogens is 4. The Morgan fingerprint density at radius 3 is 2.47 bits per heavy atom. The van der Waals surface area contributed by atoms with Crippen LogP contribution in [0.15, 0.2) is 84.2 Å². The average Bonchev–Trinajstić information content (AvgIpc) is 3.81. The second-order valence-electron chi connectivity index (χ2n) is 11.1. The number of aliphatic imine (C=N–C) groups is 1. The quantitative estimate of drug-likeness (QED) is 0.244. The van der Waals surface area contributed by atoms with E-state index in [2.05, 4.69) is 63.2 Å². The van der Waals surface area contributed by atoms with Crippen molar-refractivity contribution in [3.63, 3.8) is 0 Å². The summed E-state index contributed by atoms with van der Waals surface area (Å²) in [5.74, 6) is 1.16. The number of nitrogens with zero attached hydrogens (tertiary/aromatic N) is 9. The van der Waals surface area contributed by atoms with Crippen LogP contribution in [0.3, 0.4) is 0 Å². The molecule has 10 heteroatoms. The summed E-state index contributed by atoms with van der Waals surface area (Å²) in [6, 6.07) is 14.9. The third kappa shape index (κ3) is 5.66. The summed E-state index contributed by atoms with van der Waals surface area (Å²) in [5.41, 5.74) is 6.37. The number of hydrogen-bond acceptors (Lipinski definition) is 6. The first-order valence-corrected chi connectivity index (χ1v) is 14.5. The number of urea groups is 1. The maximum absolute atomic E-state index is 13.3. The van der Waals surface area contributed by atoms with Crippen molar-refractivity contribution in [2.45, 2.75) is 19.3 Å². The number of pyridine rings is 1. The molecule has 10 nitrogen and oxygen atoms in total. The number of hydrogen-bond donors (Lipinski definition) is 0. The zero-order valence-corrected chi connectivity index (χ0v) is 24.6. The highest BCUT2D eigenvalue weighted by Gasteiger charge is 2.31. The number of likely N-dealkylation sites (tertiary alicyclic amines) is 1. The Morgan fingerprint density at radius 1 is 1.00 bits per heavy atom. The third-order valence-corrected chi connectivity index (χ3v) is 8.44. The number of carbonyl (C=O) groups excluding carboxylic acids is 1. The van der Waals surface area contributed by atoms with Gasteiger partial charge in [-0.2, -0.15) is 15.5 Å². The van der Waals surface area contributed by atoms with E-state index >= 15 is 0 Å². The molecule has 0 bridgehead atoms. The van der Waals surface area contributed by atoms with E-state index < -0.39 is 0 Å². The predicted octanol–water partition coefficient (Wildman–Crippen LogP) is 4.78. The molecule has 218 valence electrons. The molecule has 43 heavy (non-hydrogen) atoms. The molecular weight excluding hydrogens is 538 g/mol. The van der Waals surface area contributed by atoms with E-state index in [4.69, 9.17) is 0 Å². The van der Waals surface area contributed by atoms with Gasteiger partial charge in [-0.3, -0.25) is 4.68 Å². The number of carbonyl (C=O) groups is 1. The van der Waals surface area contributed by atoms with E-state index in [1.807, 2.05) is 60.6 Å². The van der Waals surface area contributed by atoms with Crippen molar-refractivity contribution in [1.29, 1.82) is 5.26 Å². The van der Waals surface area contributed by atoms with Gasteiger partial charge in [-0.25, -0.2) is 14.3 Å². The smallest absolute Gasteiger partial charge is 0.320 e. The first-order valence-electron chi connectivity index (χ1n) is 14.5. The molecule has 2 fully saturated rings. The molecule has 0 spiro atoms. The van der Waals surface area contributed by atoms with Gasteiger partial charge in [-0.1, -0.05) is 36.4 Å². The van der Waals surface area contributed by atoms with E-state index in [1.54, 1.807) is 15.4 Å². The second-order valence-corrected chi connectivity index (χ2v) is 11.1. The number of piperazine rings is 1. The minimum Gasteiger partial charge on any atom is -0.353 e. The normalized spacial score (nSPS) is 17.9. The summed E-state index contributed by atoms with van der Waals surface area (Å²) in [6.45, 7) is 10.0. The summed E-state index contributed by atoms with van der Waals surface area (Å²) in [4.78, 5) is 23.7. The van der Waals surface area contributed by atoms with Crippen LogP contribution in [0.2, 0.25) is 0 Å². The van der Waals surface area contributed by atoms with Crippen molar-refractivity contribution in [2.24, 2.45) is 12.0 Å². The molecule has 2 amide bonds. The summed E-state index contributed by atoms with van der Waals surface area (Å²) in [5, 5.41) is 18.5. The SMILES string of the molecule is C=N/C(=C\C=C(/C)c1cc(-c2cnn(C)c2)cn2ncc(C#N)c12)N1CCN(C(=O)N2CC[C@@H](c3ccccc3)C2)CC1. The highest BCUT2D eigenvalue weighted by Crippen LogP contribution is 2.30. The summed E-state index contributed by atoms with van der Waals surface area (Å²) in [7, 11) is 1.88. The lowest BCUT2D eigenvalue weighted by atomic mass is 9.99. The Hall–Kier alpha value is -5.17. The fourth-order valence-electron chi connectivity index (χ4n) is 6.04. The van der Waals surface area contributed by atoms with Gasteiger partial charge >= 0.3 is 6.03 Å². The van der Waals surface area contributed by atoms with Crippen LogP contribution in [-0.4, -0.2) is 86.1 Å². The van der Waals surface area contributed by atoms with Gasteiger partial charge in [-0.05, 0) is 43.3 Å². The molecule has 2 aliphatic rings. The summed E-state index contributed by atoms with van der Waals surface area (Å²) < 4.78 is 3.51. The first-order chi connectivity index (χ1) is 20.9. The first kappa shape index (κ1) is 28.0. The van der Waals surface area contributed by atoms with Crippen LogP contribution in [0.4, 0.5) is 4.79 Å². The monoisotopic (exact) mass is 573 g/mol. The number of amides is 2. The molecule has 0 radical (unpaired) electrons. The molecule has 0 N–H and O–H groups in total. The average molecular weight is 574 g/mol. The second kappa shape index (κ2) is 12.0. The number of fused-ring (bicyclic) bond motifs is 1. The van der Waals surface area contributed by atoms with Crippen LogP contribution in [0, 0.1) is 11.3 Å². The Morgan fingerprint density at radius 2 is 1.77 bits per heavy atom. The molecule has 1 aromatic carbocycles. The van der Waals surface area contributed by atoms with Crippen LogP contribution in [0.1, 0.15) is 36.0 Å². The Kier molecular flexibility index (Phi) is 7.79. The number of benzene rings is 1. The largest absolute Gasteiger partial charge is 0.353 e. The number of aryl methyl sites for hydroxylation is 1.